The number of amides is 5. The van der Waals surface area contributed by atoms with Crippen molar-refractivity contribution in [1.82, 2.24) is 30.5 Å². The molecule has 1 aromatic rings. The van der Waals surface area contributed by atoms with Gasteiger partial charge in [-0.2, -0.15) is 13.2 Å². The van der Waals surface area contributed by atoms with Crippen LogP contribution in [0.4, 0.5) is 22.8 Å². The van der Waals surface area contributed by atoms with Gasteiger partial charge in [0.05, 0.1) is 17.8 Å². The van der Waals surface area contributed by atoms with E-state index in [2.05, 4.69) is 20.7 Å². The number of aliphatic hydroxyl groups is 1. The number of alkyl halides is 3. The van der Waals surface area contributed by atoms with Crippen LogP contribution >= 0.6 is 11.9 Å². The minimum atomic E-state index is -4.59. The summed E-state index contributed by atoms with van der Waals surface area (Å²) >= 11 is 1.39. The summed E-state index contributed by atoms with van der Waals surface area (Å²) in [7, 11) is 0. The molecule has 4 atom stereocenters. The lowest BCUT2D eigenvalue weighted by atomic mass is 9.95. The van der Waals surface area contributed by atoms with Gasteiger partial charge in [-0.05, 0) is 86.4 Å². The highest BCUT2D eigenvalue weighted by Gasteiger charge is 2.60. The van der Waals surface area contributed by atoms with Crippen molar-refractivity contribution in [2.45, 2.75) is 144 Å². The zero-order valence-corrected chi connectivity index (χ0v) is 31.3. The standard InChI is InChI=1S/C38H51F3N6O6S/c39-38(40,41)29-13-8-9-23-17-18-46(22-28(23)29)36(52)53-26-19-31-32(48)44-37(34(50)45-54-27-15-16-27)20-24(37)10-4-2-1-3-5-14-30(33(49)47(31)21-26)43-35(51)42-25-11-6-7-12-25/h8-9,13,24-27,30,44,48H,1-7,10-12,14-22H2,(H,45,50)(H2,42,43,51)/b32-31-/t24-,26-,30+,37-/m1/s1. The Morgan fingerprint density at radius 3 is 2.43 bits per heavy atom. The Bertz CT molecular complexity index is 1630. The van der Waals surface area contributed by atoms with Crippen LogP contribution in [0.5, 0.6) is 0 Å². The second kappa shape index (κ2) is 16.1. The Kier molecular flexibility index (Phi) is 11.5. The molecule has 12 nitrogen and oxygen atoms in total. The van der Waals surface area contributed by atoms with Crippen molar-refractivity contribution in [3.8, 4) is 0 Å². The first-order chi connectivity index (χ1) is 25.9. The fraction of sp³-hybridized carbons (Fsp3) is 0.684. The van der Waals surface area contributed by atoms with Crippen LogP contribution in [0.2, 0.25) is 0 Å². The van der Waals surface area contributed by atoms with E-state index in [4.69, 9.17) is 4.74 Å². The maximum absolute atomic E-state index is 14.4. The number of ether oxygens (including phenoxy) is 1. The molecule has 5 amide bonds. The highest BCUT2D eigenvalue weighted by molar-refractivity contribution is 7.98. The Hall–Kier alpha value is -3.82. The van der Waals surface area contributed by atoms with E-state index in [1.807, 2.05) is 0 Å². The van der Waals surface area contributed by atoms with Crippen molar-refractivity contribution in [2.75, 3.05) is 13.1 Å². The van der Waals surface area contributed by atoms with Gasteiger partial charge in [0.1, 0.15) is 17.7 Å². The maximum atomic E-state index is 14.4. The van der Waals surface area contributed by atoms with E-state index in [9.17, 15) is 37.5 Å². The zero-order chi connectivity index (χ0) is 38.0. The summed E-state index contributed by atoms with van der Waals surface area (Å²) in [6.45, 7) is -0.279. The molecule has 3 saturated carbocycles. The van der Waals surface area contributed by atoms with Gasteiger partial charge in [-0.25, -0.2) is 9.59 Å². The number of nitrogens with one attached hydrogen (secondary N) is 4. The molecule has 0 bridgehead atoms. The number of hydrogen-bond donors (Lipinski definition) is 5. The molecule has 5 N–H and O–H groups in total. The number of hydrogen-bond acceptors (Lipinski definition) is 8. The molecule has 0 unspecified atom stereocenters. The van der Waals surface area contributed by atoms with E-state index < -0.39 is 47.5 Å². The summed E-state index contributed by atoms with van der Waals surface area (Å²) in [5, 5.41) is 21.1. The van der Waals surface area contributed by atoms with Crippen molar-refractivity contribution >= 4 is 35.9 Å². The molecule has 0 aromatic heterocycles. The van der Waals surface area contributed by atoms with E-state index >= 15 is 0 Å². The molecule has 0 spiro atoms. The number of halogens is 3. The molecule has 3 aliphatic carbocycles. The molecule has 6 aliphatic rings. The number of fused-ring (bicyclic) bond motifs is 3. The number of nitrogens with zero attached hydrogens (tertiary/aromatic N) is 2. The predicted molar refractivity (Wildman–Crippen MR) is 195 cm³/mol. The van der Waals surface area contributed by atoms with E-state index in [1.165, 1.54) is 27.8 Å². The summed E-state index contributed by atoms with van der Waals surface area (Å²) in [6, 6.07) is 2.65. The van der Waals surface area contributed by atoms with Crippen LogP contribution in [0.15, 0.2) is 29.8 Å². The van der Waals surface area contributed by atoms with Crippen molar-refractivity contribution in [1.29, 1.82) is 0 Å². The van der Waals surface area contributed by atoms with Gasteiger partial charge in [0.15, 0.2) is 0 Å². The third-order valence-corrected chi connectivity index (χ3v) is 12.9. The van der Waals surface area contributed by atoms with E-state index in [1.54, 1.807) is 6.07 Å². The largest absolute Gasteiger partial charge is 0.494 e. The molecular formula is C38H51F3N6O6S. The summed E-state index contributed by atoms with van der Waals surface area (Å²) in [5.41, 5.74) is -1.18. The summed E-state index contributed by atoms with van der Waals surface area (Å²) in [4.78, 5) is 57.4. The second-order valence-electron chi connectivity index (χ2n) is 15.8. The summed E-state index contributed by atoms with van der Waals surface area (Å²) in [6.07, 6.45) is 5.63. The normalized spacial score (nSPS) is 29.5. The quantitative estimate of drug-likeness (QED) is 0.216. The topological polar surface area (TPSA) is 152 Å². The smallest absolute Gasteiger partial charge is 0.416 e. The molecular weight excluding hydrogens is 726 g/mol. The minimum Gasteiger partial charge on any atom is -0.494 e. The first-order valence-electron chi connectivity index (χ1n) is 19.6. The molecule has 296 valence electrons. The SMILES string of the molecule is O=C(NC1CCCC1)N[C@H]1CCCCCCC[C@@H]2C[C@@]2(C(=O)NSC2CC2)N/C(O)=C2\C[C@@H](OC(=O)N3CCc4cccc(C(F)(F)F)c4C3)CN2C1=O. The van der Waals surface area contributed by atoms with E-state index in [-0.39, 0.29) is 67.5 Å². The highest BCUT2D eigenvalue weighted by Crippen LogP contribution is 2.49. The number of aliphatic hydroxyl groups excluding tert-OH is 1. The fourth-order valence-electron chi connectivity index (χ4n) is 8.48. The Labute approximate surface area is 317 Å². The van der Waals surface area contributed by atoms with Crippen molar-refractivity contribution in [3.05, 3.63) is 46.5 Å². The monoisotopic (exact) mass is 776 g/mol. The van der Waals surface area contributed by atoms with Gasteiger partial charge in [-0.3, -0.25) is 14.3 Å². The van der Waals surface area contributed by atoms with Crippen LogP contribution in [-0.4, -0.2) is 80.9 Å². The molecule has 3 aliphatic heterocycles. The first-order valence-corrected chi connectivity index (χ1v) is 20.5. The number of carbonyl (C=O) groups excluding carboxylic acids is 4. The average Bonchev–Trinajstić information content (AvgIpc) is 3.98. The molecule has 0 radical (unpaired) electrons. The first kappa shape index (κ1) is 38.5. The minimum absolute atomic E-state index is 0.0263. The summed E-state index contributed by atoms with van der Waals surface area (Å²) in [5.74, 6) is -1.11. The molecule has 3 heterocycles. The van der Waals surface area contributed by atoms with Gasteiger partial charge in [0, 0.05) is 30.8 Å². The van der Waals surface area contributed by atoms with Crippen LogP contribution in [0.1, 0.15) is 113 Å². The zero-order valence-electron chi connectivity index (χ0n) is 30.5. The number of urea groups is 1. The number of carbonyl (C=O) groups is 4. The van der Waals surface area contributed by atoms with E-state index in [0.717, 1.165) is 76.7 Å². The van der Waals surface area contributed by atoms with E-state index in [0.29, 0.717) is 30.1 Å². The van der Waals surface area contributed by atoms with Gasteiger partial charge in [-0.15, -0.1) is 0 Å². The van der Waals surface area contributed by atoms with Crippen molar-refractivity contribution in [3.63, 3.8) is 0 Å². The summed E-state index contributed by atoms with van der Waals surface area (Å²) < 4.78 is 50.4. The molecule has 16 heteroatoms. The number of benzene rings is 1. The molecule has 1 aromatic carbocycles. The van der Waals surface area contributed by atoms with Gasteiger partial charge >= 0.3 is 18.3 Å². The van der Waals surface area contributed by atoms with Crippen molar-refractivity contribution in [2.24, 2.45) is 5.92 Å². The van der Waals surface area contributed by atoms with Gasteiger partial charge in [0.2, 0.25) is 11.8 Å². The van der Waals surface area contributed by atoms with Crippen LogP contribution in [0.3, 0.4) is 0 Å². The van der Waals surface area contributed by atoms with Crippen LogP contribution < -0.4 is 20.7 Å². The van der Waals surface area contributed by atoms with Gasteiger partial charge < -0.3 is 35.6 Å². The fourth-order valence-corrected chi connectivity index (χ4v) is 9.31. The molecule has 7 rings (SSSR count). The maximum Gasteiger partial charge on any atom is 0.416 e. The molecule has 54 heavy (non-hydrogen) atoms. The molecule has 4 fully saturated rings. The lowest BCUT2D eigenvalue weighted by Crippen LogP contribution is -2.52. The lowest BCUT2D eigenvalue weighted by Gasteiger charge is -2.31. The Morgan fingerprint density at radius 1 is 0.963 bits per heavy atom. The van der Waals surface area contributed by atoms with Crippen molar-refractivity contribution < 1.29 is 42.2 Å². The lowest BCUT2D eigenvalue weighted by molar-refractivity contribution is -0.138. The van der Waals surface area contributed by atoms with Gasteiger partial charge in [0.25, 0.3) is 5.91 Å². The Morgan fingerprint density at radius 2 is 1.69 bits per heavy atom. The van der Waals surface area contributed by atoms with Crippen LogP contribution in [-0.2, 0) is 33.5 Å². The van der Waals surface area contributed by atoms with Crippen LogP contribution in [0.25, 0.3) is 0 Å². The second-order valence-corrected chi connectivity index (χ2v) is 16.9. The molecule has 1 saturated heterocycles. The predicted octanol–water partition coefficient (Wildman–Crippen LogP) is 6.16. The number of rotatable bonds is 6. The highest BCUT2D eigenvalue weighted by atomic mass is 32.2. The third kappa shape index (κ3) is 8.83. The third-order valence-electron chi connectivity index (χ3n) is 11.8. The average molecular weight is 777 g/mol. The van der Waals surface area contributed by atoms with Crippen LogP contribution in [0, 0.1) is 5.92 Å². The van der Waals surface area contributed by atoms with Gasteiger partial charge in [-0.1, -0.05) is 57.1 Å². The Balaban J connectivity index is 1.13.